The molecule has 0 aromatic carbocycles. The average Bonchev–Trinajstić information content (AvgIpc) is 3.10. The highest BCUT2D eigenvalue weighted by Gasteiger charge is 2.20. The number of aromatic nitrogens is 4. The summed E-state index contributed by atoms with van der Waals surface area (Å²) >= 11 is 0. The Morgan fingerprint density at radius 2 is 1.93 bits per heavy atom. The van der Waals surface area contributed by atoms with Crippen molar-refractivity contribution in [3.05, 3.63) is 23.8 Å². The zero-order chi connectivity index (χ0) is 19.3. The summed E-state index contributed by atoms with van der Waals surface area (Å²) in [5.74, 6) is 1.44. The van der Waals surface area contributed by atoms with E-state index in [0.717, 1.165) is 61.4 Å². The number of nitrogens with zero attached hydrogens (tertiary/aromatic N) is 4. The molecule has 1 unspecified atom stereocenters. The van der Waals surface area contributed by atoms with Gasteiger partial charge in [0.05, 0.1) is 42.1 Å². The van der Waals surface area contributed by atoms with Crippen LogP contribution in [-0.2, 0) is 23.1 Å². The molecule has 0 spiro atoms. The maximum Gasteiger partial charge on any atom is 0.163 e. The summed E-state index contributed by atoms with van der Waals surface area (Å²) in [5.41, 5.74) is 2.71. The minimum absolute atomic E-state index is 0.134. The lowest BCUT2D eigenvalue weighted by Crippen LogP contribution is -2.22. The van der Waals surface area contributed by atoms with Crippen LogP contribution in [0.4, 0.5) is 0 Å². The van der Waals surface area contributed by atoms with Gasteiger partial charge in [0.2, 0.25) is 0 Å². The third-order valence-electron chi connectivity index (χ3n) is 5.63. The van der Waals surface area contributed by atoms with Gasteiger partial charge in [-0.3, -0.25) is 4.68 Å². The van der Waals surface area contributed by atoms with E-state index in [9.17, 15) is 0 Å². The molecule has 3 heterocycles. The van der Waals surface area contributed by atoms with E-state index in [1.165, 1.54) is 19.3 Å². The van der Waals surface area contributed by atoms with Crippen LogP contribution in [0.3, 0.4) is 0 Å². The monoisotopic (exact) mass is 386 g/mol. The smallest absolute Gasteiger partial charge is 0.163 e. The third kappa shape index (κ3) is 4.52. The maximum absolute atomic E-state index is 6.15. The third-order valence-corrected chi connectivity index (χ3v) is 5.63. The summed E-state index contributed by atoms with van der Waals surface area (Å²) in [6.07, 6.45) is 13.0. The van der Waals surface area contributed by atoms with Gasteiger partial charge in [0, 0.05) is 13.7 Å². The molecule has 1 aliphatic heterocycles. The number of ether oxygens (including phenoxy) is 3. The molecule has 1 aliphatic carbocycles. The second-order valence-electron chi connectivity index (χ2n) is 7.76. The summed E-state index contributed by atoms with van der Waals surface area (Å²) in [7, 11) is 1.91. The Bertz CT molecular complexity index is 780. The first-order valence-corrected chi connectivity index (χ1v) is 10.5. The molecule has 1 saturated heterocycles. The molecule has 2 aliphatic rings. The predicted molar refractivity (Wildman–Crippen MR) is 105 cm³/mol. The molecule has 152 valence electrons. The molecule has 2 aromatic heterocycles. The molecule has 0 N–H and O–H groups in total. The summed E-state index contributed by atoms with van der Waals surface area (Å²) in [4.78, 5) is 9.27. The van der Waals surface area contributed by atoms with Crippen molar-refractivity contribution in [1.82, 2.24) is 19.7 Å². The van der Waals surface area contributed by atoms with E-state index in [2.05, 4.69) is 10.1 Å². The Labute approximate surface area is 166 Å². The van der Waals surface area contributed by atoms with Gasteiger partial charge in [-0.25, -0.2) is 9.97 Å². The van der Waals surface area contributed by atoms with Crippen LogP contribution in [0.15, 0.2) is 12.4 Å². The van der Waals surface area contributed by atoms with Crippen LogP contribution in [-0.4, -0.2) is 38.7 Å². The van der Waals surface area contributed by atoms with E-state index < -0.39 is 0 Å². The normalized spacial score (nSPS) is 21.0. The second kappa shape index (κ2) is 9.01. The van der Waals surface area contributed by atoms with Crippen LogP contribution in [0.1, 0.15) is 62.8 Å². The Hall–Kier alpha value is -1.99. The fraction of sp³-hybridized carbons (Fsp3) is 0.667. The van der Waals surface area contributed by atoms with Crippen molar-refractivity contribution >= 4 is 0 Å². The SMILES string of the molecule is Cc1nc(-c2cnn(C)c2COC2CCCCO2)ncc1OC1CCCCC1. The second-order valence-corrected chi connectivity index (χ2v) is 7.76. The van der Waals surface area contributed by atoms with Gasteiger partial charge in [-0.15, -0.1) is 0 Å². The highest BCUT2D eigenvalue weighted by Crippen LogP contribution is 2.27. The van der Waals surface area contributed by atoms with E-state index in [4.69, 9.17) is 19.2 Å². The number of hydrogen-bond donors (Lipinski definition) is 0. The molecule has 0 amide bonds. The lowest BCUT2D eigenvalue weighted by atomic mass is 9.98. The first-order chi connectivity index (χ1) is 13.7. The summed E-state index contributed by atoms with van der Waals surface area (Å²) in [6, 6.07) is 0. The van der Waals surface area contributed by atoms with Crippen molar-refractivity contribution in [1.29, 1.82) is 0 Å². The molecule has 2 aromatic rings. The van der Waals surface area contributed by atoms with Crippen LogP contribution in [0, 0.1) is 6.92 Å². The van der Waals surface area contributed by atoms with Gasteiger partial charge in [0.15, 0.2) is 17.9 Å². The van der Waals surface area contributed by atoms with Crippen LogP contribution in [0.2, 0.25) is 0 Å². The van der Waals surface area contributed by atoms with Crippen molar-refractivity contribution in [3.63, 3.8) is 0 Å². The Morgan fingerprint density at radius 3 is 2.68 bits per heavy atom. The van der Waals surface area contributed by atoms with Gasteiger partial charge >= 0.3 is 0 Å². The fourth-order valence-corrected chi connectivity index (χ4v) is 3.90. The predicted octanol–water partition coefficient (Wildman–Crippen LogP) is 3.94. The van der Waals surface area contributed by atoms with Crippen LogP contribution >= 0.6 is 0 Å². The summed E-state index contributed by atoms with van der Waals surface area (Å²) < 4.78 is 19.6. The average molecular weight is 386 g/mol. The molecule has 7 nitrogen and oxygen atoms in total. The first kappa shape index (κ1) is 19.3. The topological polar surface area (TPSA) is 71.3 Å². The minimum atomic E-state index is -0.134. The van der Waals surface area contributed by atoms with Gasteiger partial charge in [0.25, 0.3) is 0 Å². The molecule has 28 heavy (non-hydrogen) atoms. The molecule has 0 radical (unpaired) electrons. The number of hydrogen-bond acceptors (Lipinski definition) is 6. The van der Waals surface area contributed by atoms with Crippen molar-refractivity contribution in [2.24, 2.45) is 7.05 Å². The van der Waals surface area contributed by atoms with Crippen molar-refractivity contribution in [3.8, 4) is 17.1 Å². The van der Waals surface area contributed by atoms with Gasteiger partial charge in [0.1, 0.15) is 0 Å². The van der Waals surface area contributed by atoms with Crippen molar-refractivity contribution < 1.29 is 14.2 Å². The van der Waals surface area contributed by atoms with Crippen molar-refractivity contribution in [2.45, 2.75) is 77.3 Å². The quantitative estimate of drug-likeness (QED) is 0.749. The van der Waals surface area contributed by atoms with E-state index in [-0.39, 0.29) is 6.29 Å². The van der Waals surface area contributed by atoms with E-state index in [1.54, 1.807) is 12.4 Å². The lowest BCUT2D eigenvalue weighted by Gasteiger charge is -2.23. The van der Waals surface area contributed by atoms with Gasteiger partial charge in [-0.2, -0.15) is 5.10 Å². The van der Waals surface area contributed by atoms with E-state index >= 15 is 0 Å². The van der Waals surface area contributed by atoms with Crippen LogP contribution in [0.5, 0.6) is 5.75 Å². The molecule has 4 rings (SSSR count). The fourth-order valence-electron chi connectivity index (χ4n) is 3.90. The van der Waals surface area contributed by atoms with E-state index in [1.807, 2.05) is 18.7 Å². The number of rotatable bonds is 6. The Morgan fingerprint density at radius 1 is 1.11 bits per heavy atom. The Kier molecular flexibility index (Phi) is 6.22. The van der Waals surface area contributed by atoms with Crippen LogP contribution in [0.25, 0.3) is 11.4 Å². The minimum Gasteiger partial charge on any atom is -0.487 e. The van der Waals surface area contributed by atoms with E-state index in [0.29, 0.717) is 18.5 Å². The number of aryl methyl sites for hydroxylation is 2. The largest absolute Gasteiger partial charge is 0.487 e. The Balaban J connectivity index is 1.46. The van der Waals surface area contributed by atoms with Gasteiger partial charge in [-0.05, 0) is 51.9 Å². The maximum atomic E-state index is 6.15. The molecule has 1 saturated carbocycles. The van der Waals surface area contributed by atoms with Crippen molar-refractivity contribution in [2.75, 3.05) is 6.61 Å². The van der Waals surface area contributed by atoms with Gasteiger partial charge < -0.3 is 14.2 Å². The standard InChI is InChI=1S/C21H30N4O3/c1-15-19(28-16-8-4-3-5-9-16)13-22-21(24-15)17-12-23-25(2)18(17)14-27-20-10-6-7-11-26-20/h12-13,16,20H,3-11,14H2,1-2H3. The molecule has 7 heteroatoms. The highest BCUT2D eigenvalue weighted by atomic mass is 16.7. The highest BCUT2D eigenvalue weighted by molar-refractivity contribution is 5.57. The first-order valence-electron chi connectivity index (χ1n) is 10.5. The molecule has 1 atom stereocenters. The molecule has 0 bridgehead atoms. The molecular weight excluding hydrogens is 356 g/mol. The lowest BCUT2D eigenvalue weighted by molar-refractivity contribution is -0.169. The zero-order valence-electron chi connectivity index (χ0n) is 16.9. The summed E-state index contributed by atoms with van der Waals surface area (Å²) in [6.45, 7) is 3.18. The van der Waals surface area contributed by atoms with Crippen LogP contribution < -0.4 is 4.74 Å². The summed E-state index contributed by atoms with van der Waals surface area (Å²) in [5, 5.41) is 4.39. The van der Waals surface area contributed by atoms with Gasteiger partial charge in [-0.1, -0.05) is 6.42 Å². The molecule has 2 fully saturated rings. The zero-order valence-corrected chi connectivity index (χ0v) is 16.9. The molecular formula is C21H30N4O3.